The average molecular weight is 298 g/mol. The van der Waals surface area contributed by atoms with Gasteiger partial charge < -0.3 is 0 Å². The molecule has 2 nitrogen and oxygen atoms in total. The quantitative estimate of drug-likeness (QED) is 0.674. The number of carbonyl (C=O) groups is 2. The number of ketones is 2. The van der Waals surface area contributed by atoms with Crippen molar-refractivity contribution >= 4 is 11.6 Å². The molecule has 3 fully saturated rings. The van der Waals surface area contributed by atoms with Gasteiger partial charge in [-0.05, 0) is 66.4 Å². The lowest BCUT2D eigenvalue weighted by molar-refractivity contribution is -0.126. The smallest absolute Gasteiger partial charge is 0.156 e. The van der Waals surface area contributed by atoms with Crippen molar-refractivity contribution in [3.05, 3.63) is 23.8 Å². The van der Waals surface area contributed by atoms with Gasteiger partial charge in [-0.3, -0.25) is 9.59 Å². The maximum atomic E-state index is 12.3. The Morgan fingerprint density at radius 1 is 1.23 bits per heavy atom. The molecule has 0 aromatic carbocycles. The minimum absolute atomic E-state index is 0.110. The van der Waals surface area contributed by atoms with E-state index in [2.05, 4.69) is 20.4 Å². The fraction of sp³-hybridized carbons (Fsp3) is 0.700. The van der Waals surface area contributed by atoms with E-state index in [-0.39, 0.29) is 11.2 Å². The van der Waals surface area contributed by atoms with Gasteiger partial charge in [-0.2, -0.15) is 0 Å². The van der Waals surface area contributed by atoms with Crippen LogP contribution in [0.5, 0.6) is 0 Å². The van der Waals surface area contributed by atoms with Crippen LogP contribution in [0, 0.1) is 35.0 Å². The summed E-state index contributed by atoms with van der Waals surface area (Å²) >= 11 is 0. The number of allylic oxidation sites excluding steroid dienone is 2. The van der Waals surface area contributed by atoms with Crippen molar-refractivity contribution in [1.82, 2.24) is 0 Å². The molecule has 4 aliphatic rings. The minimum atomic E-state index is 0.110. The van der Waals surface area contributed by atoms with Gasteiger partial charge >= 0.3 is 0 Å². The minimum Gasteiger partial charge on any atom is -0.299 e. The van der Waals surface area contributed by atoms with Gasteiger partial charge in [0.1, 0.15) is 5.78 Å². The lowest BCUT2D eigenvalue weighted by Crippen LogP contribution is -2.50. The topological polar surface area (TPSA) is 34.1 Å². The van der Waals surface area contributed by atoms with Crippen molar-refractivity contribution < 1.29 is 9.59 Å². The zero-order valence-electron chi connectivity index (χ0n) is 13.7. The predicted molar refractivity (Wildman–Crippen MR) is 86.2 cm³/mol. The zero-order valence-corrected chi connectivity index (χ0v) is 13.7. The highest BCUT2D eigenvalue weighted by molar-refractivity contribution is 5.92. The summed E-state index contributed by atoms with van der Waals surface area (Å²) < 4.78 is 0. The summed E-state index contributed by atoms with van der Waals surface area (Å²) in [6, 6.07) is 0. The van der Waals surface area contributed by atoms with Crippen molar-refractivity contribution in [2.45, 2.75) is 52.4 Å². The predicted octanol–water partition coefficient (Wildman–Crippen LogP) is 4.11. The molecule has 0 saturated heterocycles. The Bertz CT molecular complexity index is 599. The highest BCUT2D eigenvalue weighted by atomic mass is 16.1. The van der Waals surface area contributed by atoms with Crippen LogP contribution in [0.1, 0.15) is 52.4 Å². The molecule has 6 atom stereocenters. The van der Waals surface area contributed by atoms with E-state index < -0.39 is 0 Å². The van der Waals surface area contributed by atoms with Crippen LogP contribution in [0.15, 0.2) is 23.8 Å². The zero-order chi connectivity index (χ0) is 15.6. The first-order chi connectivity index (χ1) is 10.4. The first-order valence-corrected chi connectivity index (χ1v) is 8.87. The monoisotopic (exact) mass is 298 g/mol. The number of Topliss-reactive ketones (excluding diaryl/α,β-unsaturated/α-hetero) is 1. The van der Waals surface area contributed by atoms with Crippen molar-refractivity contribution in [2.24, 2.45) is 35.0 Å². The SMILES string of the molecule is C=C1C[C@H]2[C@@H]3CCC(=O)C3[C@H](C)C[C@@H]2[C@@]2(C)CCC(=O)C=C12. The van der Waals surface area contributed by atoms with Gasteiger partial charge in [0.25, 0.3) is 0 Å². The van der Waals surface area contributed by atoms with E-state index in [9.17, 15) is 9.59 Å². The van der Waals surface area contributed by atoms with Gasteiger partial charge in [-0.1, -0.05) is 26.0 Å². The van der Waals surface area contributed by atoms with Gasteiger partial charge in [0.2, 0.25) is 0 Å². The summed E-state index contributed by atoms with van der Waals surface area (Å²) in [5, 5.41) is 0. The van der Waals surface area contributed by atoms with Crippen LogP contribution >= 0.6 is 0 Å². The first kappa shape index (κ1) is 14.4. The number of rotatable bonds is 0. The van der Waals surface area contributed by atoms with Crippen LogP contribution in [0.2, 0.25) is 0 Å². The Morgan fingerprint density at radius 3 is 2.77 bits per heavy atom. The molecular weight excluding hydrogens is 272 g/mol. The molecule has 4 rings (SSSR count). The molecule has 3 saturated carbocycles. The van der Waals surface area contributed by atoms with E-state index in [0.717, 1.165) is 32.1 Å². The summed E-state index contributed by atoms with van der Waals surface area (Å²) in [7, 11) is 0. The first-order valence-electron chi connectivity index (χ1n) is 8.87. The van der Waals surface area contributed by atoms with Crippen molar-refractivity contribution in [3.63, 3.8) is 0 Å². The Morgan fingerprint density at radius 2 is 2.00 bits per heavy atom. The molecule has 0 aromatic heterocycles. The van der Waals surface area contributed by atoms with E-state index in [1.165, 1.54) is 11.1 Å². The van der Waals surface area contributed by atoms with Gasteiger partial charge in [0, 0.05) is 18.8 Å². The molecule has 0 bridgehead atoms. The fourth-order valence-electron chi connectivity index (χ4n) is 6.36. The molecule has 0 heterocycles. The largest absolute Gasteiger partial charge is 0.299 e. The van der Waals surface area contributed by atoms with Crippen molar-refractivity contribution in [3.8, 4) is 0 Å². The standard InChI is InChI=1S/C20H26O2/c1-11-8-15-14-4-5-18(22)19(14)12(2)9-17(15)20(3)7-6-13(21)10-16(11)20/h10,12,14-15,17,19H,1,4-9H2,2-3H3/t12-,14+,15+,17+,19?,20+/m1/s1. The summed E-state index contributed by atoms with van der Waals surface area (Å²) in [6.07, 6.45) is 7.55. The Balaban J connectivity index is 1.76. The molecule has 0 radical (unpaired) electrons. The van der Waals surface area contributed by atoms with Gasteiger partial charge in [-0.15, -0.1) is 0 Å². The lowest BCUT2D eigenvalue weighted by atomic mass is 9.47. The second-order valence-corrected chi connectivity index (χ2v) is 8.43. The average Bonchev–Trinajstić information content (AvgIpc) is 2.86. The van der Waals surface area contributed by atoms with Crippen molar-refractivity contribution in [2.75, 3.05) is 0 Å². The number of carbonyl (C=O) groups excluding carboxylic acids is 2. The molecule has 0 amide bonds. The van der Waals surface area contributed by atoms with Crippen LogP contribution < -0.4 is 0 Å². The Kier molecular flexibility index (Phi) is 3.05. The molecule has 22 heavy (non-hydrogen) atoms. The Labute approximate surface area is 133 Å². The number of hydrogen-bond acceptors (Lipinski definition) is 2. The van der Waals surface area contributed by atoms with Crippen molar-refractivity contribution in [1.29, 1.82) is 0 Å². The van der Waals surface area contributed by atoms with Gasteiger partial charge in [-0.25, -0.2) is 0 Å². The molecule has 0 N–H and O–H groups in total. The second kappa shape index (κ2) is 4.66. The van der Waals surface area contributed by atoms with Crippen LogP contribution in [-0.4, -0.2) is 11.6 Å². The molecule has 0 spiro atoms. The number of hydrogen-bond donors (Lipinski definition) is 0. The summed E-state index contributed by atoms with van der Waals surface area (Å²) in [5.41, 5.74) is 2.52. The lowest BCUT2D eigenvalue weighted by Gasteiger charge is -2.56. The molecule has 1 unspecified atom stereocenters. The van der Waals surface area contributed by atoms with Crippen LogP contribution in [0.25, 0.3) is 0 Å². The number of fused-ring (bicyclic) bond motifs is 5. The third-order valence-electron chi connectivity index (χ3n) is 7.36. The van der Waals surface area contributed by atoms with E-state index in [4.69, 9.17) is 0 Å². The molecule has 0 aromatic rings. The fourth-order valence-corrected chi connectivity index (χ4v) is 6.36. The van der Waals surface area contributed by atoms with Crippen LogP contribution in [0.3, 0.4) is 0 Å². The van der Waals surface area contributed by atoms with E-state index in [1.807, 2.05) is 6.08 Å². The highest BCUT2D eigenvalue weighted by Crippen LogP contribution is 2.63. The van der Waals surface area contributed by atoms with Crippen LogP contribution in [0.4, 0.5) is 0 Å². The molecular formula is C20H26O2. The van der Waals surface area contributed by atoms with Gasteiger partial charge in [0.15, 0.2) is 5.78 Å². The Hall–Kier alpha value is -1.18. The highest BCUT2D eigenvalue weighted by Gasteiger charge is 2.57. The maximum Gasteiger partial charge on any atom is 0.156 e. The molecule has 2 heteroatoms. The maximum absolute atomic E-state index is 12.3. The molecule has 0 aliphatic heterocycles. The molecule has 4 aliphatic carbocycles. The van der Waals surface area contributed by atoms with E-state index in [1.54, 1.807) is 0 Å². The summed E-state index contributed by atoms with van der Waals surface area (Å²) in [5.74, 6) is 3.37. The third kappa shape index (κ3) is 1.79. The normalized spacial score (nSPS) is 47.6. The third-order valence-corrected chi connectivity index (χ3v) is 7.36. The second-order valence-electron chi connectivity index (χ2n) is 8.43. The van der Waals surface area contributed by atoms with E-state index >= 15 is 0 Å². The summed E-state index contributed by atoms with van der Waals surface area (Å²) in [4.78, 5) is 24.2. The van der Waals surface area contributed by atoms with Crippen LogP contribution in [-0.2, 0) is 9.59 Å². The molecule has 118 valence electrons. The van der Waals surface area contributed by atoms with E-state index in [0.29, 0.717) is 41.8 Å². The summed E-state index contributed by atoms with van der Waals surface area (Å²) in [6.45, 7) is 8.95. The van der Waals surface area contributed by atoms with Gasteiger partial charge in [0.05, 0.1) is 0 Å².